The van der Waals surface area contributed by atoms with Crippen molar-refractivity contribution in [1.82, 2.24) is 9.62 Å². The van der Waals surface area contributed by atoms with Crippen LogP contribution < -0.4 is 4.72 Å². The lowest BCUT2D eigenvalue weighted by atomic mass is 10.3. The molecule has 0 aromatic rings. The number of hydrogen-bond donors (Lipinski definition) is 2. The van der Waals surface area contributed by atoms with Crippen LogP contribution in [0.5, 0.6) is 0 Å². The highest BCUT2D eigenvalue weighted by Crippen LogP contribution is 2.00. The van der Waals surface area contributed by atoms with Crippen LogP contribution in [-0.4, -0.2) is 56.3 Å². The van der Waals surface area contributed by atoms with Gasteiger partial charge in [0.1, 0.15) is 0 Å². The molecular weight excluding hydrogens is 220 g/mol. The van der Waals surface area contributed by atoms with Gasteiger partial charge >= 0.3 is 5.97 Å². The van der Waals surface area contributed by atoms with E-state index in [0.29, 0.717) is 6.54 Å². The molecule has 2 N–H and O–H groups in total. The van der Waals surface area contributed by atoms with E-state index in [9.17, 15) is 13.2 Å². The van der Waals surface area contributed by atoms with E-state index in [4.69, 9.17) is 5.11 Å². The smallest absolute Gasteiger partial charge is 0.323 e. The third-order valence-electron chi connectivity index (χ3n) is 1.82. The Kier molecular flexibility index (Phi) is 5.19. The Labute approximate surface area is 90.3 Å². The predicted octanol–water partition coefficient (Wildman–Crippen LogP) is -0.671. The van der Waals surface area contributed by atoms with Gasteiger partial charge in [0.15, 0.2) is 5.25 Å². The lowest BCUT2D eigenvalue weighted by Gasteiger charge is -2.19. The van der Waals surface area contributed by atoms with Gasteiger partial charge in [-0.05, 0) is 27.9 Å². The summed E-state index contributed by atoms with van der Waals surface area (Å²) in [7, 11) is -0.159. The maximum Gasteiger partial charge on any atom is 0.323 e. The molecule has 0 saturated heterocycles. The first kappa shape index (κ1) is 14.3. The highest BCUT2D eigenvalue weighted by molar-refractivity contribution is 7.90. The van der Waals surface area contributed by atoms with Gasteiger partial charge in [-0.3, -0.25) is 4.79 Å². The van der Waals surface area contributed by atoms with Gasteiger partial charge in [-0.2, -0.15) is 0 Å². The molecule has 0 amide bonds. The van der Waals surface area contributed by atoms with Crippen molar-refractivity contribution in [2.75, 3.05) is 20.6 Å². The summed E-state index contributed by atoms with van der Waals surface area (Å²) >= 11 is 0. The maximum atomic E-state index is 11.5. The minimum Gasteiger partial charge on any atom is -0.480 e. The summed E-state index contributed by atoms with van der Waals surface area (Å²) in [5.41, 5.74) is 0. The predicted molar refractivity (Wildman–Crippen MR) is 57.2 cm³/mol. The Morgan fingerprint density at radius 2 is 1.87 bits per heavy atom. The lowest BCUT2D eigenvalue weighted by Crippen LogP contribution is -2.45. The minimum atomic E-state index is -3.78. The van der Waals surface area contributed by atoms with Crippen LogP contribution in [0.25, 0.3) is 0 Å². The van der Waals surface area contributed by atoms with Crippen LogP contribution in [0, 0.1) is 0 Å². The second kappa shape index (κ2) is 5.43. The lowest BCUT2D eigenvalue weighted by molar-refractivity contribution is -0.136. The third-order valence-corrected chi connectivity index (χ3v) is 3.68. The fourth-order valence-electron chi connectivity index (χ4n) is 1.10. The highest BCUT2D eigenvalue weighted by atomic mass is 32.2. The van der Waals surface area contributed by atoms with Gasteiger partial charge < -0.3 is 10.0 Å². The Hall–Kier alpha value is -0.660. The second-order valence-electron chi connectivity index (χ2n) is 3.81. The van der Waals surface area contributed by atoms with Crippen LogP contribution in [-0.2, 0) is 14.8 Å². The molecule has 0 aliphatic carbocycles. The molecule has 0 aliphatic rings. The van der Waals surface area contributed by atoms with Gasteiger partial charge in [-0.25, -0.2) is 13.1 Å². The van der Waals surface area contributed by atoms with Crippen LogP contribution in [0.1, 0.15) is 13.8 Å². The first-order valence-corrected chi connectivity index (χ1v) is 6.10. The summed E-state index contributed by atoms with van der Waals surface area (Å²) in [5.74, 6) is -1.35. The Morgan fingerprint density at radius 3 is 2.20 bits per heavy atom. The van der Waals surface area contributed by atoms with Gasteiger partial charge in [0.25, 0.3) is 0 Å². The normalized spacial score (nSPS) is 16.3. The fraction of sp³-hybridized carbons (Fsp3) is 0.875. The minimum absolute atomic E-state index is 0.313. The monoisotopic (exact) mass is 238 g/mol. The van der Waals surface area contributed by atoms with Crippen molar-refractivity contribution in [1.29, 1.82) is 0 Å². The number of likely N-dealkylation sites (N-methyl/N-ethyl adjacent to an activating group) is 1. The van der Waals surface area contributed by atoms with Crippen molar-refractivity contribution in [3.63, 3.8) is 0 Å². The average Bonchev–Trinajstić information content (AvgIpc) is 1.99. The van der Waals surface area contributed by atoms with Crippen LogP contribution in [0.2, 0.25) is 0 Å². The van der Waals surface area contributed by atoms with Crippen LogP contribution in [0.15, 0.2) is 0 Å². The van der Waals surface area contributed by atoms with Gasteiger partial charge in [0.2, 0.25) is 10.0 Å². The molecule has 90 valence electrons. The van der Waals surface area contributed by atoms with Crippen molar-refractivity contribution in [2.45, 2.75) is 25.1 Å². The summed E-state index contributed by atoms with van der Waals surface area (Å²) < 4.78 is 25.2. The summed E-state index contributed by atoms with van der Waals surface area (Å²) in [5, 5.41) is 7.15. The van der Waals surface area contributed by atoms with Gasteiger partial charge in [0.05, 0.1) is 0 Å². The molecule has 0 aromatic carbocycles. The molecule has 0 rings (SSSR count). The zero-order valence-electron chi connectivity index (χ0n) is 9.39. The Bertz CT molecular complexity index is 313. The molecule has 0 heterocycles. The van der Waals surface area contributed by atoms with Crippen molar-refractivity contribution in [2.24, 2.45) is 0 Å². The molecule has 6 nitrogen and oxygen atoms in total. The summed E-state index contributed by atoms with van der Waals surface area (Å²) in [4.78, 5) is 12.3. The van der Waals surface area contributed by atoms with E-state index in [-0.39, 0.29) is 6.04 Å². The van der Waals surface area contributed by atoms with Crippen LogP contribution >= 0.6 is 0 Å². The number of carboxylic acid groups (broad SMARTS) is 1. The molecular formula is C8H18N2O4S. The topological polar surface area (TPSA) is 86.7 Å². The third kappa shape index (κ3) is 5.10. The standard InChI is InChI=1S/C8H18N2O4S/c1-6(5-10(3)4)9-15(13,14)7(2)8(11)12/h6-7,9H,5H2,1-4H3,(H,11,12). The van der Waals surface area contributed by atoms with E-state index < -0.39 is 21.2 Å². The zero-order valence-corrected chi connectivity index (χ0v) is 10.2. The molecule has 7 heteroatoms. The second-order valence-corrected chi connectivity index (χ2v) is 5.84. The van der Waals surface area contributed by atoms with E-state index >= 15 is 0 Å². The van der Waals surface area contributed by atoms with Crippen molar-refractivity contribution in [3.05, 3.63) is 0 Å². The number of sulfonamides is 1. The number of aliphatic carboxylic acids is 1. The Morgan fingerprint density at radius 1 is 1.40 bits per heavy atom. The number of carbonyl (C=O) groups is 1. The summed E-state index contributed by atoms with van der Waals surface area (Å²) in [6, 6.07) is -0.313. The largest absolute Gasteiger partial charge is 0.480 e. The van der Waals surface area contributed by atoms with E-state index in [2.05, 4.69) is 4.72 Å². The molecule has 2 unspecified atom stereocenters. The molecule has 2 atom stereocenters. The number of hydrogen-bond acceptors (Lipinski definition) is 4. The molecule has 15 heavy (non-hydrogen) atoms. The van der Waals surface area contributed by atoms with E-state index in [0.717, 1.165) is 6.92 Å². The molecule has 0 bridgehead atoms. The number of rotatable bonds is 6. The molecule has 0 saturated carbocycles. The number of nitrogens with zero attached hydrogens (tertiary/aromatic N) is 1. The van der Waals surface area contributed by atoms with Crippen molar-refractivity contribution >= 4 is 16.0 Å². The maximum absolute atomic E-state index is 11.5. The average molecular weight is 238 g/mol. The fourth-order valence-corrected chi connectivity index (χ4v) is 2.21. The SMILES string of the molecule is CC(CN(C)C)NS(=O)(=O)C(C)C(=O)O. The number of nitrogens with one attached hydrogen (secondary N) is 1. The van der Waals surface area contributed by atoms with Gasteiger partial charge in [-0.1, -0.05) is 0 Å². The van der Waals surface area contributed by atoms with E-state index in [1.165, 1.54) is 0 Å². The van der Waals surface area contributed by atoms with Crippen molar-refractivity contribution < 1.29 is 18.3 Å². The highest BCUT2D eigenvalue weighted by Gasteiger charge is 2.28. The molecule has 0 aromatic heterocycles. The van der Waals surface area contributed by atoms with Crippen LogP contribution in [0.4, 0.5) is 0 Å². The summed E-state index contributed by atoms with van der Waals surface area (Å²) in [6.07, 6.45) is 0. The first-order valence-electron chi connectivity index (χ1n) is 4.55. The molecule has 0 aliphatic heterocycles. The molecule has 0 radical (unpaired) electrons. The van der Waals surface area contributed by atoms with Crippen molar-refractivity contribution in [3.8, 4) is 0 Å². The van der Waals surface area contributed by atoms with Gasteiger partial charge in [-0.15, -0.1) is 0 Å². The number of carboxylic acids is 1. The molecule has 0 fully saturated rings. The molecule has 0 spiro atoms. The quantitative estimate of drug-likeness (QED) is 0.641. The van der Waals surface area contributed by atoms with E-state index in [1.807, 2.05) is 19.0 Å². The zero-order chi connectivity index (χ0) is 12.2. The Balaban J connectivity index is 4.45. The van der Waals surface area contributed by atoms with Crippen LogP contribution in [0.3, 0.4) is 0 Å². The van der Waals surface area contributed by atoms with E-state index in [1.54, 1.807) is 6.92 Å². The summed E-state index contributed by atoms with van der Waals surface area (Å²) in [6.45, 7) is 3.35. The first-order chi connectivity index (χ1) is 6.66. The van der Waals surface area contributed by atoms with Gasteiger partial charge in [0, 0.05) is 12.6 Å².